The summed E-state index contributed by atoms with van der Waals surface area (Å²) < 4.78 is 16.4. The van der Waals surface area contributed by atoms with Gasteiger partial charge in [0.15, 0.2) is 0 Å². The van der Waals surface area contributed by atoms with E-state index >= 15 is 0 Å². The van der Waals surface area contributed by atoms with Crippen LogP contribution in [0.5, 0.6) is 17.2 Å². The van der Waals surface area contributed by atoms with Crippen molar-refractivity contribution in [2.75, 3.05) is 26.2 Å². The number of methoxy groups -OCH3 is 2. The Hall–Kier alpha value is -0.900. The van der Waals surface area contributed by atoms with Crippen LogP contribution >= 0.6 is 15.9 Å². The van der Waals surface area contributed by atoms with Crippen molar-refractivity contribution in [3.8, 4) is 17.2 Å². The molecule has 0 atom stereocenters. The summed E-state index contributed by atoms with van der Waals surface area (Å²) in [4.78, 5) is 0. The lowest BCUT2D eigenvalue weighted by molar-refractivity contribution is 0.0835. The van der Waals surface area contributed by atoms with Gasteiger partial charge in [-0.15, -0.1) is 0 Å². The van der Waals surface area contributed by atoms with Gasteiger partial charge in [0.1, 0.15) is 17.2 Å². The van der Waals surface area contributed by atoms with Gasteiger partial charge in [-0.25, -0.2) is 0 Å². The normalized spacial score (nSPS) is 16.8. The molecular weight excluding hydrogens is 296 g/mol. The Bertz CT molecular complexity index is 374. The number of benzene rings is 1. The molecule has 4 heteroatoms. The third-order valence-corrected chi connectivity index (χ3v) is 4.76. The molecule has 0 spiro atoms. The first-order valence-corrected chi connectivity index (χ1v) is 7.25. The van der Waals surface area contributed by atoms with Crippen molar-refractivity contribution < 1.29 is 14.2 Å². The zero-order valence-electron chi connectivity index (χ0n) is 10.9. The van der Waals surface area contributed by atoms with Crippen LogP contribution in [0.1, 0.15) is 19.3 Å². The van der Waals surface area contributed by atoms with E-state index in [4.69, 9.17) is 14.2 Å². The summed E-state index contributed by atoms with van der Waals surface area (Å²) in [6, 6.07) is 5.63. The minimum absolute atomic E-state index is 0.316. The van der Waals surface area contributed by atoms with E-state index in [1.807, 2.05) is 18.2 Å². The Kier molecular flexibility index (Phi) is 4.38. The van der Waals surface area contributed by atoms with Crippen LogP contribution in [-0.2, 0) is 0 Å². The van der Waals surface area contributed by atoms with Crippen molar-refractivity contribution in [1.82, 2.24) is 0 Å². The van der Waals surface area contributed by atoms with Gasteiger partial charge in [0.25, 0.3) is 0 Å². The van der Waals surface area contributed by atoms with E-state index in [1.165, 1.54) is 19.3 Å². The van der Waals surface area contributed by atoms with Gasteiger partial charge in [0.2, 0.25) is 0 Å². The summed E-state index contributed by atoms with van der Waals surface area (Å²) in [7, 11) is 3.29. The van der Waals surface area contributed by atoms with Crippen molar-refractivity contribution in [2.24, 2.45) is 5.41 Å². The predicted octanol–water partition coefficient (Wildman–Crippen LogP) is 3.65. The van der Waals surface area contributed by atoms with Crippen molar-refractivity contribution in [1.29, 1.82) is 0 Å². The summed E-state index contributed by atoms with van der Waals surface area (Å²) >= 11 is 3.58. The SMILES string of the molecule is COc1cc(OC)cc(OCC2(CBr)CCC2)c1. The molecular formula is C14H19BrO3. The van der Waals surface area contributed by atoms with Gasteiger partial charge in [-0.1, -0.05) is 22.4 Å². The molecule has 1 aliphatic carbocycles. The van der Waals surface area contributed by atoms with E-state index in [0.717, 1.165) is 29.2 Å². The quantitative estimate of drug-likeness (QED) is 0.750. The third kappa shape index (κ3) is 2.91. The number of hydrogen-bond donors (Lipinski definition) is 0. The molecule has 100 valence electrons. The molecule has 1 saturated carbocycles. The summed E-state index contributed by atoms with van der Waals surface area (Å²) in [5, 5.41) is 1.00. The van der Waals surface area contributed by atoms with E-state index in [2.05, 4.69) is 15.9 Å². The number of ether oxygens (including phenoxy) is 3. The van der Waals surface area contributed by atoms with Gasteiger partial charge in [-0.05, 0) is 12.8 Å². The Morgan fingerprint density at radius 3 is 2.00 bits per heavy atom. The minimum atomic E-state index is 0.316. The molecule has 1 aromatic rings. The highest BCUT2D eigenvalue weighted by Gasteiger charge is 2.36. The average molecular weight is 315 g/mol. The Balaban J connectivity index is 2.04. The fraction of sp³-hybridized carbons (Fsp3) is 0.571. The molecule has 0 saturated heterocycles. The molecule has 3 nitrogen and oxygen atoms in total. The highest BCUT2D eigenvalue weighted by Crippen LogP contribution is 2.43. The van der Waals surface area contributed by atoms with Gasteiger partial charge >= 0.3 is 0 Å². The van der Waals surface area contributed by atoms with E-state index in [9.17, 15) is 0 Å². The van der Waals surface area contributed by atoms with Crippen LogP contribution in [-0.4, -0.2) is 26.2 Å². The van der Waals surface area contributed by atoms with Crippen LogP contribution < -0.4 is 14.2 Å². The molecule has 1 aliphatic rings. The predicted molar refractivity (Wildman–Crippen MR) is 75.1 cm³/mol. The summed E-state index contributed by atoms with van der Waals surface area (Å²) in [6.07, 6.45) is 3.77. The molecule has 0 N–H and O–H groups in total. The fourth-order valence-electron chi connectivity index (χ4n) is 2.09. The standard InChI is InChI=1S/C14H19BrO3/c1-16-11-6-12(17-2)8-13(7-11)18-10-14(9-15)4-3-5-14/h6-8H,3-5,9-10H2,1-2H3. The first kappa shape index (κ1) is 13.5. The first-order chi connectivity index (χ1) is 8.71. The zero-order valence-corrected chi connectivity index (χ0v) is 12.5. The second-order valence-corrected chi connectivity index (χ2v) is 5.38. The highest BCUT2D eigenvalue weighted by atomic mass is 79.9. The largest absolute Gasteiger partial charge is 0.496 e. The lowest BCUT2D eigenvalue weighted by atomic mass is 9.71. The maximum absolute atomic E-state index is 5.90. The monoisotopic (exact) mass is 314 g/mol. The number of hydrogen-bond acceptors (Lipinski definition) is 3. The number of alkyl halides is 1. The molecule has 1 fully saturated rings. The van der Waals surface area contributed by atoms with E-state index in [-0.39, 0.29) is 0 Å². The highest BCUT2D eigenvalue weighted by molar-refractivity contribution is 9.09. The molecule has 0 radical (unpaired) electrons. The van der Waals surface area contributed by atoms with Crippen LogP contribution in [0.3, 0.4) is 0 Å². The topological polar surface area (TPSA) is 27.7 Å². The molecule has 1 aromatic carbocycles. The second-order valence-electron chi connectivity index (χ2n) is 4.82. The van der Waals surface area contributed by atoms with Gasteiger partial charge in [0.05, 0.1) is 20.8 Å². The number of halogens is 1. The molecule has 0 unspecified atom stereocenters. The van der Waals surface area contributed by atoms with E-state index in [0.29, 0.717) is 5.41 Å². The molecule has 0 heterocycles. The average Bonchev–Trinajstić information content (AvgIpc) is 2.37. The van der Waals surface area contributed by atoms with Crippen molar-refractivity contribution >= 4 is 15.9 Å². The van der Waals surface area contributed by atoms with Crippen LogP contribution in [0.4, 0.5) is 0 Å². The van der Waals surface area contributed by atoms with Crippen LogP contribution in [0.15, 0.2) is 18.2 Å². The molecule has 0 bridgehead atoms. The minimum Gasteiger partial charge on any atom is -0.496 e. The van der Waals surface area contributed by atoms with Crippen LogP contribution in [0.2, 0.25) is 0 Å². The summed E-state index contributed by atoms with van der Waals surface area (Å²) in [5.41, 5.74) is 0.316. The van der Waals surface area contributed by atoms with Crippen molar-refractivity contribution in [2.45, 2.75) is 19.3 Å². The smallest absolute Gasteiger partial charge is 0.126 e. The van der Waals surface area contributed by atoms with Crippen molar-refractivity contribution in [3.63, 3.8) is 0 Å². The first-order valence-electron chi connectivity index (χ1n) is 6.13. The maximum atomic E-state index is 5.90. The van der Waals surface area contributed by atoms with Crippen LogP contribution in [0.25, 0.3) is 0 Å². The van der Waals surface area contributed by atoms with Gasteiger partial charge in [0, 0.05) is 28.9 Å². The molecule has 0 amide bonds. The molecule has 0 aliphatic heterocycles. The summed E-state index contributed by atoms with van der Waals surface area (Å²) in [6.45, 7) is 0.745. The lowest BCUT2D eigenvalue weighted by Crippen LogP contribution is -2.37. The van der Waals surface area contributed by atoms with Gasteiger partial charge in [-0.3, -0.25) is 0 Å². The van der Waals surface area contributed by atoms with E-state index in [1.54, 1.807) is 14.2 Å². The van der Waals surface area contributed by atoms with Gasteiger partial charge in [-0.2, -0.15) is 0 Å². The Labute approximate surface area is 117 Å². The van der Waals surface area contributed by atoms with E-state index < -0.39 is 0 Å². The van der Waals surface area contributed by atoms with Gasteiger partial charge < -0.3 is 14.2 Å². The zero-order chi connectivity index (χ0) is 13.0. The van der Waals surface area contributed by atoms with Crippen molar-refractivity contribution in [3.05, 3.63) is 18.2 Å². The Morgan fingerprint density at radius 2 is 1.61 bits per heavy atom. The maximum Gasteiger partial charge on any atom is 0.126 e. The Morgan fingerprint density at radius 1 is 1.06 bits per heavy atom. The fourth-order valence-corrected chi connectivity index (χ4v) is 2.82. The summed E-state index contributed by atoms with van der Waals surface area (Å²) in [5.74, 6) is 2.31. The third-order valence-electron chi connectivity index (χ3n) is 3.57. The molecule has 18 heavy (non-hydrogen) atoms. The lowest BCUT2D eigenvalue weighted by Gasteiger charge is -2.39. The van der Waals surface area contributed by atoms with Crippen LogP contribution in [0, 0.1) is 5.41 Å². The molecule has 0 aromatic heterocycles. The second kappa shape index (κ2) is 5.83. The molecule has 2 rings (SSSR count). The number of rotatable bonds is 6.